The van der Waals surface area contributed by atoms with Crippen molar-refractivity contribution in [1.82, 2.24) is 5.32 Å². The fourth-order valence-electron chi connectivity index (χ4n) is 2.77. The lowest BCUT2D eigenvalue weighted by atomic mass is 9.78. The van der Waals surface area contributed by atoms with E-state index in [-0.39, 0.29) is 11.9 Å². The highest BCUT2D eigenvalue weighted by molar-refractivity contribution is 5.94. The van der Waals surface area contributed by atoms with Crippen LogP contribution in [0.1, 0.15) is 49.0 Å². The predicted octanol–water partition coefficient (Wildman–Crippen LogP) is 3.11. The molecule has 3 heteroatoms. The van der Waals surface area contributed by atoms with Crippen LogP contribution < -0.4 is 5.32 Å². The van der Waals surface area contributed by atoms with Crippen molar-refractivity contribution in [3.05, 3.63) is 35.4 Å². The van der Waals surface area contributed by atoms with E-state index in [0.717, 1.165) is 6.42 Å². The highest BCUT2D eigenvalue weighted by atomic mass is 16.1. The maximum atomic E-state index is 12.2. The number of nitriles is 1. The van der Waals surface area contributed by atoms with Gasteiger partial charge in [-0.25, -0.2) is 0 Å². The molecule has 0 bridgehead atoms. The maximum Gasteiger partial charge on any atom is 0.251 e. The highest BCUT2D eigenvalue weighted by Crippen LogP contribution is 2.29. The van der Waals surface area contributed by atoms with Crippen molar-refractivity contribution in [2.45, 2.75) is 39.2 Å². The standard InChI is InChI=1S/C16H20N2O/c1-11-5-3-8-15(12(11)2)18-16(19)14-7-4-6-13(9-14)10-17/h4,6-7,9,11-12,15H,3,5,8H2,1-2H3,(H,18,19). The largest absolute Gasteiger partial charge is 0.349 e. The summed E-state index contributed by atoms with van der Waals surface area (Å²) in [5.74, 6) is 1.10. The number of nitrogens with one attached hydrogen (secondary N) is 1. The first kappa shape index (κ1) is 13.6. The Bertz CT molecular complexity index is 504. The van der Waals surface area contributed by atoms with Crippen molar-refractivity contribution in [1.29, 1.82) is 5.26 Å². The minimum atomic E-state index is -0.0666. The molecule has 19 heavy (non-hydrogen) atoms. The van der Waals surface area contributed by atoms with Gasteiger partial charge in [0.05, 0.1) is 11.6 Å². The van der Waals surface area contributed by atoms with Gasteiger partial charge in [0.1, 0.15) is 0 Å². The third-order valence-corrected chi connectivity index (χ3v) is 4.28. The van der Waals surface area contributed by atoms with Gasteiger partial charge >= 0.3 is 0 Å². The quantitative estimate of drug-likeness (QED) is 0.884. The van der Waals surface area contributed by atoms with E-state index in [1.165, 1.54) is 12.8 Å². The Kier molecular flexibility index (Phi) is 4.21. The monoisotopic (exact) mass is 256 g/mol. The second-order valence-electron chi connectivity index (χ2n) is 5.54. The third-order valence-electron chi connectivity index (χ3n) is 4.28. The summed E-state index contributed by atoms with van der Waals surface area (Å²) in [7, 11) is 0. The fourth-order valence-corrected chi connectivity index (χ4v) is 2.77. The predicted molar refractivity (Wildman–Crippen MR) is 74.6 cm³/mol. The molecule has 1 aliphatic carbocycles. The fraction of sp³-hybridized carbons (Fsp3) is 0.500. The Labute approximate surface area is 114 Å². The van der Waals surface area contributed by atoms with Crippen LogP contribution in [0.3, 0.4) is 0 Å². The van der Waals surface area contributed by atoms with E-state index >= 15 is 0 Å². The van der Waals surface area contributed by atoms with E-state index in [4.69, 9.17) is 5.26 Å². The van der Waals surface area contributed by atoms with E-state index in [1.807, 2.05) is 0 Å². The first-order valence-corrected chi connectivity index (χ1v) is 6.93. The van der Waals surface area contributed by atoms with Gasteiger partial charge in [-0.05, 0) is 36.5 Å². The number of nitrogens with zero attached hydrogens (tertiary/aromatic N) is 1. The lowest BCUT2D eigenvalue weighted by molar-refractivity contribution is 0.0891. The molecule has 3 unspecified atom stereocenters. The minimum absolute atomic E-state index is 0.0666. The van der Waals surface area contributed by atoms with Crippen LogP contribution in [0.25, 0.3) is 0 Å². The zero-order valence-electron chi connectivity index (χ0n) is 11.5. The molecule has 1 fully saturated rings. The van der Waals surface area contributed by atoms with E-state index < -0.39 is 0 Å². The van der Waals surface area contributed by atoms with Gasteiger partial charge < -0.3 is 5.32 Å². The summed E-state index contributed by atoms with van der Waals surface area (Å²) in [5, 5.41) is 12.0. The Morgan fingerprint density at radius 3 is 2.89 bits per heavy atom. The van der Waals surface area contributed by atoms with Gasteiger partial charge in [0.25, 0.3) is 5.91 Å². The molecule has 1 aliphatic rings. The highest BCUT2D eigenvalue weighted by Gasteiger charge is 2.28. The Morgan fingerprint density at radius 1 is 1.37 bits per heavy atom. The summed E-state index contributed by atoms with van der Waals surface area (Å²) in [5.41, 5.74) is 1.10. The number of amides is 1. The molecule has 3 nitrogen and oxygen atoms in total. The van der Waals surface area contributed by atoms with Gasteiger partial charge in [-0.15, -0.1) is 0 Å². The summed E-state index contributed by atoms with van der Waals surface area (Å²) in [4.78, 5) is 12.2. The smallest absolute Gasteiger partial charge is 0.251 e. The van der Waals surface area contributed by atoms with Gasteiger partial charge in [-0.2, -0.15) is 5.26 Å². The van der Waals surface area contributed by atoms with Crippen LogP contribution in [0.4, 0.5) is 0 Å². The van der Waals surface area contributed by atoms with Crippen molar-refractivity contribution >= 4 is 5.91 Å². The molecule has 0 aliphatic heterocycles. The van der Waals surface area contributed by atoms with Gasteiger partial charge in [-0.3, -0.25) is 4.79 Å². The van der Waals surface area contributed by atoms with Crippen LogP contribution in [0.2, 0.25) is 0 Å². The van der Waals surface area contributed by atoms with E-state index in [0.29, 0.717) is 23.0 Å². The molecule has 3 atom stereocenters. The van der Waals surface area contributed by atoms with E-state index in [2.05, 4.69) is 25.2 Å². The van der Waals surface area contributed by atoms with Crippen molar-refractivity contribution in [3.63, 3.8) is 0 Å². The van der Waals surface area contributed by atoms with Crippen molar-refractivity contribution in [2.24, 2.45) is 11.8 Å². The Morgan fingerprint density at radius 2 is 2.16 bits per heavy atom. The normalized spacial score (nSPS) is 26.5. The zero-order chi connectivity index (χ0) is 13.8. The average Bonchev–Trinajstić information content (AvgIpc) is 2.44. The summed E-state index contributed by atoms with van der Waals surface area (Å²) >= 11 is 0. The second-order valence-corrected chi connectivity index (χ2v) is 5.54. The molecule has 100 valence electrons. The van der Waals surface area contributed by atoms with Gasteiger partial charge in [0.15, 0.2) is 0 Å². The Balaban J connectivity index is 2.06. The van der Waals surface area contributed by atoms with Crippen LogP contribution in [-0.2, 0) is 0 Å². The van der Waals surface area contributed by atoms with Crippen molar-refractivity contribution in [3.8, 4) is 6.07 Å². The molecule has 2 rings (SSSR count). The number of rotatable bonds is 2. The minimum Gasteiger partial charge on any atom is -0.349 e. The first-order chi connectivity index (χ1) is 9.11. The third kappa shape index (κ3) is 3.14. The molecule has 0 aromatic heterocycles. The molecule has 0 spiro atoms. The molecular formula is C16H20N2O. The summed E-state index contributed by atoms with van der Waals surface area (Å²) < 4.78 is 0. The maximum absolute atomic E-state index is 12.2. The van der Waals surface area contributed by atoms with E-state index in [9.17, 15) is 4.79 Å². The molecule has 1 amide bonds. The summed E-state index contributed by atoms with van der Waals surface area (Å²) in [6.07, 6.45) is 3.47. The van der Waals surface area contributed by atoms with Gasteiger partial charge in [0.2, 0.25) is 0 Å². The van der Waals surface area contributed by atoms with Crippen LogP contribution in [0, 0.1) is 23.2 Å². The number of hydrogen-bond donors (Lipinski definition) is 1. The van der Waals surface area contributed by atoms with Crippen LogP contribution in [-0.4, -0.2) is 11.9 Å². The molecule has 1 N–H and O–H groups in total. The Hall–Kier alpha value is -1.82. The average molecular weight is 256 g/mol. The first-order valence-electron chi connectivity index (χ1n) is 6.93. The lowest BCUT2D eigenvalue weighted by Crippen LogP contribution is -2.43. The molecule has 1 aromatic carbocycles. The summed E-state index contributed by atoms with van der Waals surface area (Å²) in [6, 6.07) is 9.18. The SMILES string of the molecule is CC1CCCC(NC(=O)c2cccc(C#N)c2)C1C. The van der Waals surface area contributed by atoms with Crippen LogP contribution in [0.5, 0.6) is 0 Å². The second kappa shape index (κ2) is 5.88. The van der Waals surface area contributed by atoms with Crippen LogP contribution >= 0.6 is 0 Å². The van der Waals surface area contributed by atoms with Crippen molar-refractivity contribution < 1.29 is 4.79 Å². The van der Waals surface area contributed by atoms with Crippen molar-refractivity contribution in [2.75, 3.05) is 0 Å². The zero-order valence-corrected chi connectivity index (χ0v) is 11.5. The molecule has 1 saturated carbocycles. The number of carbonyl (C=O) groups is 1. The van der Waals surface area contributed by atoms with Crippen LogP contribution in [0.15, 0.2) is 24.3 Å². The number of hydrogen-bond acceptors (Lipinski definition) is 2. The molecule has 0 radical (unpaired) electrons. The number of carbonyl (C=O) groups excluding carboxylic acids is 1. The summed E-state index contributed by atoms with van der Waals surface area (Å²) in [6.45, 7) is 4.46. The molecule has 1 aromatic rings. The van der Waals surface area contributed by atoms with Gasteiger partial charge in [-0.1, -0.05) is 32.8 Å². The lowest BCUT2D eigenvalue weighted by Gasteiger charge is -2.34. The van der Waals surface area contributed by atoms with E-state index in [1.54, 1.807) is 24.3 Å². The molecule has 0 heterocycles. The molecule has 0 saturated heterocycles. The number of benzene rings is 1. The van der Waals surface area contributed by atoms with Gasteiger partial charge in [0, 0.05) is 11.6 Å². The topological polar surface area (TPSA) is 52.9 Å². The molecular weight excluding hydrogens is 236 g/mol.